The lowest BCUT2D eigenvalue weighted by Crippen LogP contribution is -2.39. The smallest absolute Gasteiger partial charge is 0.324 e. The molecule has 37 heavy (non-hydrogen) atoms. The lowest BCUT2D eigenvalue weighted by Gasteiger charge is -2.11. The van der Waals surface area contributed by atoms with Gasteiger partial charge in [-0.05, 0) is 67.4 Å². The van der Waals surface area contributed by atoms with Crippen molar-refractivity contribution in [2.75, 3.05) is 10.6 Å². The van der Waals surface area contributed by atoms with Crippen LogP contribution in [0, 0.1) is 6.92 Å². The van der Waals surface area contributed by atoms with Gasteiger partial charge in [-0.1, -0.05) is 37.3 Å². The molecule has 0 unspecified atom stereocenters. The number of pyridine rings is 1. The Morgan fingerprint density at radius 1 is 0.946 bits per heavy atom. The van der Waals surface area contributed by atoms with Crippen LogP contribution in [0.1, 0.15) is 11.1 Å². The maximum Gasteiger partial charge on any atom is 0.324 e. The van der Waals surface area contributed by atoms with Gasteiger partial charge in [-0.2, -0.15) is 5.10 Å². The van der Waals surface area contributed by atoms with Crippen LogP contribution in [0.15, 0.2) is 79.4 Å². The van der Waals surface area contributed by atoms with Gasteiger partial charge < -0.3 is 9.88 Å². The molecule has 0 fully saturated rings. The number of carbonyl (C=O) groups is 1. The predicted molar refractivity (Wildman–Crippen MR) is 152 cm³/mol. The van der Waals surface area contributed by atoms with Gasteiger partial charge in [0.25, 0.3) is 0 Å². The minimum Gasteiger partial charge on any atom is -0.330 e. The van der Waals surface area contributed by atoms with Crippen LogP contribution in [0.4, 0.5) is 16.3 Å². The molecular weight excluding hydrogens is 478 g/mol. The number of imidazole rings is 1. The van der Waals surface area contributed by atoms with Gasteiger partial charge in [-0.25, -0.2) is 14.5 Å². The molecule has 0 bridgehead atoms. The molecule has 0 aliphatic rings. The Hall–Kier alpha value is -4.24. The van der Waals surface area contributed by atoms with Gasteiger partial charge >= 0.3 is 6.03 Å². The van der Waals surface area contributed by atoms with Crippen LogP contribution in [0.5, 0.6) is 0 Å². The molecule has 0 radical (unpaired) electrons. The Kier molecular flexibility index (Phi) is 6.62. The Morgan fingerprint density at radius 3 is 2.43 bits per heavy atom. The molecule has 9 heteroatoms. The van der Waals surface area contributed by atoms with Crippen LogP contribution in [-0.2, 0) is 13.0 Å². The number of aromatic nitrogens is 5. The second-order valence-electron chi connectivity index (χ2n) is 10.2. The summed E-state index contributed by atoms with van der Waals surface area (Å²) in [4.78, 5) is 21.7. The maximum atomic E-state index is 13.1. The zero-order chi connectivity index (χ0) is 26.0. The average Bonchev–Trinajstić information content (AvgIpc) is 3.48. The van der Waals surface area contributed by atoms with Crippen molar-refractivity contribution >= 4 is 42.0 Å². The zero-order valence-corrected chi connectivity index (χ0v) is 22.6. The fourth-order valence-electron chi connectivity index (χ4n) is 4.11. The second kappa shape index (κ2) is 10.0. The number of rotatable bonds is 7. The molecule has 0 atom stereocenters. The van der Waals surface area contributed by atoms with Gasteiger partial charge in [0.05, 0.1) is 23.0 Å². The Morgan fingerprint density at radius 2 is 1.70 bits per heavy atom. The lowest BCUT2D eigenvalue weighted by atomic mass is 10.2. The molecule has 2 aromatic carbocycles. The van der Waals surface area contributed by atoms with Gasteiger partial charge in [-0.15, -0.1) is 0 Å². The standard InChI is InChI=1S/C28H31N7OSi/c1-20-5-8-23(9-6-20)35-26(18-27(33-35)37(2,3)4)32-28(36)31-22-7-10-24-25(17-22)34(19-30-24)16-13-21-11-14-29-15-12-21/h5-12,14-15,17-19H,13,16H2,1-4H3,(H2,31,32,36). The van der Waals surface area contributed by atoms with Crippen LogP contribution in [0.3, 0.4) is 0 Å². The number of hydrogen-bond acceptors (Lipinski definition) is 4. The van der Waals surface area contributed by atoms with E-state index in [-0.39, 0.29) is 6.03 Å². The van der Waals surface area contributed by atoms with E-state index in [2.05, 4.69) is 51.7 Å². The van der Waals surface area contributed by atoms with Crippen molar-refractivity contribution in [3.8, 4) is 5.69 Å². The number of benzene rings is 2. The summed E-state index contributed by atoms with van der Waals surface area (Å²) >= 11 is 0. The van der Waals surface area contributed by atoms with Crippen molar-refractivity contribution in [1.29, 1.82) is 0 Å². The summed E-state index contributed by atoms with van der Waals surface area (Å²) < 4.78 is 3.91. The van der Waals surface area contributed by atoms with Gasteiger partial charge in [0.2, 0.25) is 0 Å². The largest absolute Gasteiger partial charge is 0.330 e. The van der Waals surface area contributed by atoms with E-state index in [9.17, 15) is 4.79 Å². The molecule has 3 aromatic heterocycles. The summed E-state index contributed by atoms with van der Waals surface area (Å²) in [7, 11) is -1.69. The highest BCUT2D eigenvalue weighted by Crippen LogP contribution is 2.21. The van der Waals surface area contributed by atoms with Crippen LogP contribution < -0.4 is 16.0 Å². The normalized spacial score (nSPS) is 11.6. The summed E-state index contributed by atoms with van der Waals surface area (Å²) in [5, 5.41) is 11.9. The second-order valence-corrected chi connectivity index (χ2v) is 15.3. The van der Waals surface area contributed by atoms with Gasteiger partial charge in [0.15, 0.2) is 0 Å². The number of fused-ring (bicyclic) bond motifs is 1. The molecule has 2 N–H and O–H groups in total. The first-order chi connectivity index (χ1) is 17.8. The first-order valence-corrected chi connectivity index (χ1v) is 15.9. The molecule has 0 spiro atoms. The number of carbonyl (C=O) groups excluding carboxylic acids is 1. The molecule has 5 aromatic rings. The van der Waals surface area contributed by atoms with Crippen LogP contribution in [-0.4, -0.2) is 38.4 Å². The van der Waals surface area contributed by atoms with E-state index >= 15 is 0 Å². The van der Waals surface area contributed by atoms with Crippen molar-refractivity contribution in [2.45, 2.75) is 39.5 Å². The molecule has 0 aliphatic carbocycles. The third-order valence-electron chi connectivity index (χ3n) is 6.27. The van der Waals surface area contributed by atoms with Crippen LogP contribution >= 0.6 is 0 Å². The fraction of sp³-hybridized carbons (Fsp3) is 0.214. The molecular formula is C28H31N7OSi. The molecule has 5 rings (SSSR count). The SMILES string of the molecule is Cc1ccc(-n2nc([Si](C)(C)C)cc2NC(=O)Nc2ccc3ncn(CCc4ccncc4)c3c2)cc1. The van der Waals surface area contributed by atoms with Crippen molar-refractivity contribution in [3.05, 3.63) is 90.5 Å². The minimum atomic E-state index is -1.69. The molecule has 0 saturated heterocycles. The quantitative estimate of drug-likeness (QED) is 0.289. The number of urea groups is 1. The summed E-state index contributed by atoms with van der Waals surface area (Å²) in [5.74, 6) is 0.641. The number of nitrogens with zero attached hydrogens (tertiary/aromatic N) is 5. The summed E-state index contributed by atoms with van der Waals surface area (Å²) in [6.07, 6.45) is 6.32. The third-order valence-corrected chi connectivity index (χ3v) is 8.05. The van der Waals surface area contributed by atoms with E-state index in [4.69, 9.17) is 5.10 Å². The Labute approximate surface area is 217 Å². The first-order valence-electron chi connectivity index (χ1n) is 12.4. The van der Waals surface area contributed by atoms with Gasteiger partial charge in [0, 0.05) is 29.9 Å². The highest BCUT2D eigenvalue weighted by molar-refractivity contribution is 6.88. The number of anilines is 2. The van der Waals surface area contributed by atoms with Gasteiger partial charge in [0.1, 0.15) is 13.9 Å². The lowest BCUT2D eigenvalue weighted by molar-refractivity contribution is 0.262. The highest BCUT2D eigenvalue weighted by atomic mass is 28.3. The minimum absolute atomic E-state index is 0.322. The highest BCUT2D eigenvalue weighted by Gasteiger charge is 2.23. The molecule has 0 aliphatic heterocycles. The van der Waals surface area contributed by atoms with Crippen molar-refractivity contribution in [1.82, 2.24) is 24.3 Å². The molecule has 2 amide bonds. The molecule has 0 saturated carbocycles. The Balaban J connectivity index is 1.35. The molecule has 8 nitrogen and oxygen atoms in total. The summed E-state index contributed by atoms with van der Waals surface area (Å²) in [6, 6.07) is 19.6. The zero-order valence-electron chi connectivity index (χ0n) is 21.6. The van der Waals surface area contributed by atoms with Crippen molar-refractivity contribution < 1.29 is 4.79 Å². The average molecular weight is 510 g/mol. The molecule has 3 heterocycles. The van der Waals surface area contributed by atoms with Crippen molar-refractivity contribution in [3.63, 3.8) is 0 Å². The summed E-state index contributed by atoms with van der Waals surface area (Å²) in [5.41, 5.74) is 5.85. The third kappa shape index (κ3) is 5.62. The monoisotopic (exact) mass is 509 g/mol. The summed E-state index contributed by atoms with van der Waals surface area (Å²) in [6.45, 7) is 9.56. The number of nitrogens with one attached hydrogen (secondary N) is 2. The van der Waals surface area contributed by atoms with E-state index in [1.54, 1.807) is 12.4 Å². The van der Waals surface area contributed by atoms with Crippen molar-refractivity contribution in [2.24, 2.45) is 0 Å². The van der Waals surface area contributed by atoms with E-state index in [0.717, 1.165) is 35.0 Å². The van der Waals surface area contributed by atoms with E-state index < -0.39 is 8.07 Å². The fourth-order valence-corrected chi connectivity index (χ4v) is 5.08. The van der Waals surface area contributed by atoms with E-state index in [1.807, 2.05) is 71.7 Å². The predicted octanol–water partition coefficient (Wildman–Crippen LogP) is 5.36. The van der Waals surface area contributed by atoms with Gasteiger partial charge in [-0.3, -0.25) is 10.3 Å². The maximum absolute atomic E-state index is 13.1. The number of amides is 2. The Bertz CT molecular complexity index is 1530. The molecule has 188 valence electrons. The topological polar surface area (TPSA) is 89.7 Å². The van der Waals surface area contributed by atoms with E-state index in [0.29, 0.717) is 11.5 Å². The number of aryl methyl sites for hydroxylation is 3. The van der Waals surface area contributed by atoms with Crippen LogP contribution in [0.25, 0.3) is 16.7 Å². The first kappa shape index (κ1) is 24.5. The van der Waals surface area contributed by atoms with E-state index in [1.165, 1.54) is 11.1 Å². The van der Waals surface area contributed by atoms with Crippen LogP contribution in [0.2, 0.25) is 19.6 Å². The number of hydrogen-bond donors (Lipinski definition) is 2.